The van der Waals surface area contributed by atoms with E-state index in [1.807, 2.05) is 35.6 Å². The van der Waals surface area contributed by atoms with E-state index in [4.69, 9.17) is 0 Å². The number of nitrogens with one attached hydrogen (secondary N) is 1. The molecule has 2 unspecified atom stereocenters. The maximum absolute atomic E-state index is 12.5. The minimum atomic E-state index is 0.0345. The largest absolute Gasteiger partial charge is 0.356 e. The van der Waals surface area contributed by atoms with Gasteiger partial charge >= 0.3 is 0 Å². The number of aryl methyl sites for hydroxylation is 2. The molecule has 2 saturated heterocycles. The second-order valence-corrected chi connectivity index (χ2v) is 7.68. The number of nitrogens with zero attached hydrogens (tertiary/aromatic N) is 7. The molecule has 9 heteroatoms. The number of hydrogen-bond acceptors (Lipinski definition) is 6. The van der Waals surface area contributed by atoms with Gasteiger partial charge in [0, 0.05) is 56.0 Å². The topological polar surface area (TPSA) is 95.8 Å². The first-order valence-electron chi connectivity index (χ1n) is 9.48. The van der Waals surface area contributed by atoms with Gasteiger partial charge in [0.2, 0.25) is 0 Å². The van der Waals surface area contributed by atoms with E-state index >= 15 is 0 Å². The van der Waals surface area contributed by atoms with E-state index in [0.29, 0.717) is 17.5 Å². The van der Waals surface area contributed by atoms with Crippen LogP contribution in [0, 0.1) is 25.7 Å². The number of carbonyl (C=O) groups excluding carboxylic acids is 1. The quantitative estimate of drug-likeness (QED) is 0.736. The van der Waals surface area contributed by atoms with Crippen molar-refractivity contribution in [2.75, 3.05) is 31.1 Å². The molecule has 0 bridgehead atoms. The lowest BCUT2D eigenvalue weighted by Gasteiger charge is -2.22. The van der Waals surface area contributed by atoms with Crippen molar-refractivity contribution in [3.63, 3.8) is 0 Å². The summed E-state index contributed by atoms with van der Waals surface area (Å²) in [5.74, 6) is 2.65. The minimum Gasteiger partial charge on any atom is -0.356 e. The van der Waals surface area contributed by atoms with Gasteiger partial charge in [0.15, 0.2) is 5.82 Å². The summed E-state index contributed by atoms with van der Waals surface area (Å²) < 4.78 is 1.85. The van der Waals surface area contributed by atoms with Crippen molar-refractivity contribution in [3.05, 3.63) is 47.8 Å². The zero-order valence-corrected chi connectivity index (χ0v) is 15.9. The average Bonchev–Trinajstić information content (AvgIpc) is 3.45. The lowest BCUT2D eigenvalue weighted by molar-refractivity contribution is 0.0776. The highest BCUT2D eigenvalue weighted by molar-refractivity contribution is 5.92. The first-order valence-corrected chi connectivity index (χ1v) is 9.48. The van der Waals surface area contributed by atoms with Crippen LogP contribution in [0.15, 0.2) is 30.7 Å². The summed E-state index contributed by atoms with van der Waals surface area (Å²) in [7, 11) is 0. The van der Waals surface area contributed by atoms with Gasteiger partial charge in [-0.05, 0) is 26.0 Å². The summed E-state index contributed by atoms with van der Waals surface area (Å²) in [6.07, 6.45) is 3.21. The van der Waals surface area contributed by atoms with E-state index in [0.717, 1.165) is 49.2 Å². The SMILES string of the molecule is Cc1cc(C)n(-c2cc(N3CC4CN(C(=O)c5ccn[nH]5)CC4C3)ncn2)n1. The van der Waals surface area contributed by atoms with Gasteiger partial charge in [-0.1, -0.05) is 0 Å². The van der Waals surface area contributed by atoms with E-state index < -0.39 is 0 Å². The third-order valence-electron chi connectivity index (χ3n) is 5.69. The summed E-state index contributed by atoms with van der Waals surface area (Å²) in [5, 5.41) is 11.2. The standard InChI is InChI=1S/C19H22N8O/c1-12-5-13(2)27(24-12)18-6-17(20-11-21-18)25-7-14-9-26(10-15(14)8-25)19(28)16-3-4-22-23-16/h3-6,11,14-15H,7-10H2,1-2H3,(H,22,23). The Morgan fingerprint density at radius 2 is 1.82 bits per heavy atom. The highest BCUT2D eigenvalue weighted by Gasteiger charge is 2.42. The van der Waals surface area contributed by atoms with Crippen LogP contribution < -0.4 is 4.90 Å². The van der Waals surface area contributed by atoms with Gasteiger partial charge in [-0.15, -0.1) is 0 Å². The van der Waals surface area contributed by atoms with Crippen molar-refractivity contribution in [3.8, 4) is 5.82 Å². The molecule has 2 fully saturated rings. The van der Waals surface area contributed by atoms with Crippen molar-refractivity contribution < 1.29 is 4.79 Å². The van der Waals surface area contributed by atoms with E-state index in [1.54, 1.807) is 18.6 Å². The fourth-order valence-electron chi connectivity index (χ4n) is 4.38. The van der Waals surface area contributed by atoms with E-state index in [2.05, 4.69) is 30.2 Å². The van der Waals surface area contributed by atoms with Crippen LogP contribution in [0.2, 0.25) is 0 Å². The van der Waals surface area contributed by atoms with E-state index in [1.165, 1.54) is 0 Å². The number of carbonyl (C=O) groups is 1. The minimum absolute atomic E-state index is 0.0345. The third kappa shape index (κ3) is 2.83. The molecule has 3 aromatic heterocycles. The normalized spacial score (nSPS) is 21.4. The van der Waals surface area contributed by atoms with Crippen LogP contribution in [0.4, 0.5) is 5.82 Å². The third-order valence-corrected chi connectivity index (χ3v) is 5.69. The van der Waals surface area contributed by atoms with Gasteiger partial charge in [0.05, 0.1) is 5.69 Å². The lowest BCUT2D eigenvalue weighted by atomic mass is 10.0. The smallest absolute Gasteiger partial charge is 0.271 e. The molecule has 1 N–H and O–H groups in total. The summed E-state index contributed by atoms with van der Waals surface area (Å²) in [4.78, 5) is 25.6. The molecule has 0 radical (unpaired) electrons. The molecule has 0 saturated carbocycles. The summed E-state index contributed by atoms with van der Waals surface area (Å²) in [5.41, 5.74) is 2.57. The number of amides is 1. The zero-order chi connectivity index (χ0) is 19.3. The predicted octanol–water partition coefficient (Wildman–Crippen LogP) is 1.21. The van der Waals surface area contributed by atoms with Crippen LogP contribution >= 0.6 is 0 Å². The van der Waals surface area contributed by atoms with Gasteiger partial charge in [-0.25, -0.2) is 14.6 Å². The van der Waals surface area contributed by atoms with Crippen LogP contribution in [-0.4, -0.2) is 66.9 Å². The molecule has 2 atom stereocenters. The Balaban J connectivity index is 1.30. The predicted molar refractivity (Wildman–Crippen MR) is 102 cm³/mol. The number of aromatic nitrogens is 6. The van der Waals surface area contributed by atoms with Crippen molar-refractivity contribution >= 4 is 11.7 Å². The second kappa shape index (κ2) is 6.43. The Labute approximate surface area is 162 Å². The Bertz CT molecular complexity index is 997. The zero-order valence-electron chi connectivity index (χ0n) is 15.9. The molecule has 1 amide bonds. The van der Waals surface area contributed by atoms with Crippen molar-refractivity contribution in [1.82, 2.24) is 34.8 Å². The fourth-order valence-corrected chi connectivity index (χ4v) is 4.38. The number of fused-ring (bicyclic) bond motifs is 1. The van der Waals surface area contributed by atoms with Gasteiger partial charge in [0.1, 0.15) is 17.8 Å². The molecule has 3 aromatic rings. The van der Waals surface area contributed by atoms with Crippen molar-refractivity contribution in [1.29, 1.82) is 0 Å². The molecule has 2 aliphatic heterocycles. The van der Waals surface area contributed by atoms with E-state index in [-0.39, 0.29) is 5.91 Å². The molecule has 0 aromatic carbocycles. The molecule has 28 heavy (non-hydrogen) atoms. The number of aromatic amines is 1. The van der Waals surface area contributed by atoms with Gasteiger partial charge < -0.3 is 9.80 Å². The number of likely N-dealkylation sites (tertiary alicyclic amines) is 1. The van der Waals surface area contributed by atoms with Crippen LogP contribution in [0.25, 0.3) is 5.82 Å². The van der Waals surface area contributed by atoms with Crippen LogP contribution in [-0.2, 0) is 0 Å². The first kappa shape index (κ1) is 16.9. The Morgan fingerprint density at radius 1 is 1.07 bits per heavy atom. The molecular formula is C19H22N8O. The van der Waals surface area contributed by atoms with Crippen molar-refractivity contribution in [2.45, 2.75) is 13.8 Å². The summed E-state index contributed by atoms with van der Waals surface area (Å²) in [6.45, 7) is 7.33. The molecule has 0 aliphatic carbocycles. The molecule has 5 rings (SSSR count). The second-order valence-electron chi connectivity index (χ2n) is 7.68. The van der Waals surface area contributed by atoms with Crippen LogP contribution in [0.5, 0.6) is 0 Å². The highest BCUT2D eigenvalue weighted by Crippen LogP contribution is 2.34. The van der Waals surface area contributed by atoms with Gasteiger partial charge in [-0.3, -0.25) is 9.89 Å². The monoisotopic (exact) mass is 378 g/mol. The Kier molecular flexibility index (Phi) is 3.88. The van der Waals surface area contributed by atoms with Gasteiger partial charge in [0.25, 0.3) is 5.91 Å². The molecule has 0 spiro atoms. The Morgan fingerprint density at radius 3 is 2.46 bits per heavy atom. The number of H-pyrrole nitrogens is 1. The molecule has 2 aliphatic rings. The van der Waals surface area contributed by atoms with Crippen LogP contribution in [0.1, 0.15) is 21.9 Å². The maximum Gasteiger partial charge on any atom is 0.271 e. The average molecular weight is 378 g/mol. The Hall–Kier alpha value is -3.23. The maximum atomic E-state index is 12.5. The fraction of sp³-hybridized carbons (Fsp3) is 0.421. The molecule has 9 nitrogen and oxygen atoms in total. The van der Waals surface area contributed by atoms with Gasteiger partial charge in [-0.2, -0.15) is 10.2 Å². The molecule has 5 heterocycles. The summed E-state index contributed by atoms with van der Waals surface area (Å²) >= 11 is 0. The first-order chi connectivity index (χ1) is 13.6. The van der Waals surface area contributed by atoms with Crippen LogP contribution in [0.3, 0.4) is 0 Å². The van der Waals surface area contributed by atoms with E-state index in [9.17, 15) is 4.79 Å². The summed E-state index contributed by atoms with van der Waals surface area (Å²) in [6, 6.07) is 5.76. The highest BCUT2D eigenvalue weighted by atomic mass is 16.2. The molecule has 144 valence electrons. The number of rotatable bonds is 3. The molecular weight excluding hydrogens is 356 g/mol. The lowest BCUT2D eigenvalue weighted by Crippen LogP contribution is -2.33. The number of hydrogen-bond donors (Lipinski definition) is 1. The van der Waals surface area contributed by atoms with Crippen molar-refractivity contribution in [2.24, 2.45) is 11.8 Å². The number of anilines is 1.